The predicted molar refractivity (Wildman–Crippen MR) is 75.9 cm³/mol. The number of anilines is 1. The molecular weight excluding hydrogens is 342 g/mol. The monoisotopic (exact) mass is 351 g/mol. The smallest absolute Gasteiger partial charge is 0.351 e. The number of ketones is 1. The van der Waals surface area contributed by atoms with Crippen molar-refractivity contribution in [2.45, 2.75) is 10.5 Å². The number of carbonyl (C=O) groups excluding carboxylic acids is 1. The van der Waals surface area contributed by atoms with Gasteiger partial charge in [0.25, 0.3) is 0 Å². The van der Waals surface area contributed by atoms with E-state index >= 15 is 0 Å². The van der Waals surface area contributed by atoms with E-state index in [4.69, 9.17) is 0 Å². The molecule has 0 bridgehead atoms. The first-order chi connectivity index (χ1) is 10.3. The van der Waals surface area contributed by atoms with Gasteiger partial charge in [0, 0.05) is 5.56 Å². The van der Waals surface area contributed by atoms with E-state index in [9.17, 15) is 22.4 Å². The Morgan fingerprint density at radius 2 is 1.91 bits per heavy atom. The minimum absolute atomic E-state index is 0.0362. The van der Waals surface area contributed by atoms with Gasteiger partial charge >= 0.3 is 6.18 Å². The lowest BCUT2D eigenvalue weighted by molar-refractivity contribution is -0.115. The van der Waals surface area contributed by atoms with E-state index in [1.54, 1.807) is 0 Å². The Morgan fingerprint density at radius 3 is 2.55 bits per heavy atom. The van der Waals surface area contributed by atoms with Gasteiger partial charge in [-0.25, -0.2) is 4.39 Å². The van der Waals surface area contributed by atoms with Crippen LogP contribution in [0, 0.1) is 5.82 Å². The number of nitrogens with one attached hydrogen (secondary N) is 1. The van der Waals surface area contributed by atoms with Gasteiger partial charge in [-0.3, -0.25) is 4.79 Å². The van der Waals surface area contributed by atoms with Crippen molar-refractivity contribution < 1.29 is 22.4 Å². The fourth-order valence-electron chi connectivity index (χ4n) is 1.36. The van der Waals surface area contributed by atoms with Gasteiger partial charge in [0.1, 0.15) is 12.4 Å². The molecule has 0 spiro atoms. The molecular formula is C12H9F4N3OS2. The fraction of sp³-hybridized carbons (Fsp3) is 0.250. The van der Waals surface area contributed by atoms with Gasteiger partial charge in [-0.2, -0.15) is 13.2 Å². The van der Waals surface area contributed by atoms with Crippen molar-refractivity contribution in [1.82, 2.24) is 10.2 Å². The van der Waals surface area contributed by atoms with Gasteiger partial charge in [0.05, 0.1) is 5.75 Å². The minimum atomic E-state index is -4.34. The van der Waals surface area contributed by atoms with Crippen LogP contribution in [0.2, 0.25) is 0 Å². The summed E-state index contributed by atoms with van der Waals surface area (Å²) in [6, 6.07) is 5.10. The van der Waals surface area contributed by atoms with Crippen LogP contribution >= 0.6 is 23.1 Å². The highest BCUT2D eigenvalue weighted by molar-refractivity contribution is 8.01. The molecule has 0 fully saturated rings. The van der Waals surface area contributed by atoms with E-state index < -0.39 is 18.5 Å². The second-order valence-corrected chi connectivity index (χ2v) is 6.26. The molecule has 0 atom stereocenters. The lowest BCUT2D eigenvalue weighted by atomic mass is 10.1. The highest BCUT2D eigenvalue weighted by Crippen LogP contribution is 2.27. The summed E-state index contributed by atoms with van der Waals surface area (Å²) >= 11 is 1.99. The topological polar surface area (TPSA) is 54.9 Å². The van der Waals surface area contributed by atoms with Crippen molar-refractivity contribution in [2.24, 2.45) is 0 Å². The lowest BCUT2D eigenvalue weighted by Crippen LogP contribution is -2.21. The number of hydrogen-bond donors (Lipinski definition) is 1. The van der Waals surface area contributed by atoms with E-state index in [1.807, 2.05) is 0 Å². The van der Waals surface area contributed by atoms with E-state index in [2.05, 4.69) is 15.5 Å². The summed E-state index contributed by atoms with van der Waals surface area (Å²) in [7, 11) is 0. The average molecular weight is 351 g/mol. The van der Waals surface area contributed by atoms with Gasteiger partial charge < -0.3 is 5.32 Å². The molecule has 1 heterocycles. The van der Waals surface area contributed by atoms with E-state index in [0.29, 0.717) is 9.90 Å². The number of carbonyl (C=O) groups is 1. The molecule has 0 aliphatic rings. The second-order valence-electron chi connectivity index (χ2n) is 4.06. The number of Topliss-reactive ketones (excluding diaryl/α,β-unsaturated/α-hetero) is 1. The van der Waals surface area contributed by atoms with Crippen molar-refractivity contribution in [3.8, 4) is 0 Å². The summed E-state index contributed by atoms with van der Waals surface area (Å²) in [6.07, 6.45) is -4.34. The molecule has 0 amide bonds. The lowest BCUT2D eigenvalue weighted by Gasteiger charge is -2.05. The number of rotatable bonds is 6. The number of aromatic nitrogens is 2. The van der Waals surface area contributed by atoms with Crippen LogP contribution in [0.5, 0.6) is 0 Å². The largest absolute Gasteiger partial charge is 0.405 e. The Labute approximate surface area is 130 Å². The fourth-order valence-corrected chi connectivity index (χ4v) is 3.00. The van der Waals surface area contributed by atoms with Gasteiger partial charge in [-0.05, 0) is 24.3 Å². The molecule has 10 heteroatoms. The molecule has 0 saturated heterocycles. The first-order valence-corrected chi connectivity index (χ1v) is 7.69. The van der Waals surface area contributed by atoms with Crippen molar-refractivity contribution in [1.29, 1.82) is 0 Å². The predicted octanol–water partition coefficient (Wildman–Crippen LogP) is 3.63. The standard InChI is InChI=1S/C12H9F4N3OS2/c13-8-3-1-7(2-4-8)9(20)5-21-11-19-18-10(22-11)17-6-12(14,15)16/h1-4H,5-6H2,(H,17,18). The van der Waals surface area contributed by atoms with Gasteiger partial charge in [-0.15, -0.1) is 10.2 Å². The van der Waals surface area contributed by atoms with Crippen molar-refractivity contribution in [3.05, 3.63) is 35.6 Å². The number of hydrogen-bond acceptors (Lipinski definition) is 6. The Morgan fingerprint density at radius 1 is 1.23 bits per heavy atom. The molecule has 0 saturated carbocycles. The SMILES string of the molecule is O=C(CSc1nnc(NCC(F)(F)F)s1)c1ccc(F)cc1. The zero-order valence-electron chi connectivity index (χ0n) is 10.9. The molecule has 22 heavy (non-hydrogen) atoms. The maximum absolute atomic E-state index is 12.7. The van der Waals surface area contributed by atoms with Crippen LogP contribution in [0.25, 0.3) is 0 Å². The third-order valence-electron chi connectivity index (χ3n) is 2.34. The first-order valence-electron chi connectivity index (χ1n) is 5.89. The van der Waals surface area contributed by atoms with Crippen LogP contribution in [0.3, 0.4) is 0 Å². The molecule has 0 unspecified atom stereocenters. The number of benzene rings is 1. The van der Waals surface area contributed by atoms with Crippen molar-refractivity contribution >= 4 is 34.0 Å². The first kappa shape index (κ1) is 16.7. The molecule has 2 rings (SSSR count). The van der Waals surface area contributed by atoms with Crippen LogP contribution in [0.1, 0.15) is 10.4 Å². The van der Waals surface area contributed by atoms with Crippen LogP contribution in [-0.2, 0) is 0 Å². The number of nitrogens with zero attached hydrogens (tertiary/aromatic N) is 2. The molecule has 1 N–H and O–H groups in total. The van der Waals surface area contributed by atoms with Crippen LogP contribution < -0.4 is 5.32 Å². The summed E-state index contributed by atoms with van der Waals surface area (Å²) in [6.45, 7) is -1.19. The van der Waals surface area contributed by atoms with E-state index in [-0.39, 0.29) is 16.7 Å². The molecule has 2 aromatic rings. The van der Waals surface area contributed by atoms with Gasteiger partial charge in [0.15, 0.2) is 10.1 Å². The molecule has 1 aromatic carbocycles. The summed E-state index contributed by atoms with van der Waals surface area (Å²) in [5, 5.41) is 9.39. The normalized spacial score (nSPS) is 11.5. The van der Waals surface area contributed by atoms with Gasteiger partial charge in [-0.1, -0.05) is 23.1 Å². The van der Waals surface area contributed by atoms with E-state index in [0.717, 1.165) is 23.1 Å². The van der Waals surface area contributed by atoms with E-state index in [1.165, 1.54) is 24.3 Å². The molecule has 0 radical (unpaired) electrons. The van der Waals surface area contributed by atoms with Crippen LogP contribution in [0.4, 0.5) is 22.7 Å². The summed E-state index contributed by atoms with van der Waals surface area (Å²) in [5.41, 5.74) is 0.355. The Kier molecular flexibility index (Phi) is 5.35. The molecule has 0 aliphatic carbocycles. The maximum Gasteiger partial charge on any atom is 0.405 e. The summed E-state index contributed by atoms with van der Waals surface area (Å²) < 4.78 is 49.2. The summed E-state index contributed by atoms with van der Waals surface area (Å²) in [4.78, 5) is 11.8. The second kappa shape index (κ2) is 7.05. The molecule has 118 valence electrons. The Bertz CT molecular complexity index is 643. The van der Waals surface area contributed by atoms with Crippen molar-refractivity contribution in [3.63, 3.8) is 0 Å². The summed E-state index contributed by atoms with van der Waals surface area (Å²) in [5.74, 6) is -0.627. The molecule has 4 nitrogen and oxygen atoms in total. The number of thioether (sulfide) groups is 1. The maximum atomic E-state index is 12.7. The van der Waals surface area contributed by atoms with Crippen LogP contribution in [0.15, 0.2) is 28.6 Å². The quantitative estimate of drug-likeness (QED) is 0.489. The zero-order chi connectivity index (χ0) is 16.2. The van der Waals surface area contributed by atoms with Crippen molar-refractivity contribution in [2.75, 3.05) is 17.6 Å². The van der Waals surface area contributed by atoms with Crippen LogP contribution in [-0.4, -0.2) is 34.5 Å². The average Bonchev–Trinajstić information content (AvgIpc) is 2.91. The third kappa shape index (κ3) is 5.26. The van der Waals surface area contributed by atoms with Gasteiger partial charge in [0.2, 0.25) is 5.13 Å². The zero-order valence-corrected chi connectivity index (χ0v) is 12.5. The molecule has 1 aromatic heterocycles. The Balaban J connectivity index is 1.85. The number of alkyl halides is 3. The Hall–Kier alpha value is -1.68. The molecule has 0 aliphatic heterocycles. The third-order valence-corrected chi connectivity index (χ3v) is 4.35. The minimum Gasteiger partial charge on any atom is -0.351 e. The highest BCUT2D eigenvalue weighted by atomic mass is 32.2. The highest BCUT2D eigenvalue weighted by Gasteiger charge is 2.27. The number of halogens is 4.